The highest BCUT2D eigenvalue weighted by molar-refractivity contribution is 8.04. The molecule has 1 fully saturated rings. The maximum absolute atomic E-state index is 13.6. The van der Waals surface area contributed by atoms with Gasteiger partial charge in [0.2, 0.25) is 0 Å². The second-order valence-electron chi connectivity index (χ2n) is 8.06. The minimum Gasteiger partial charge on any atom is -0.494 e. The van der Waals surface area contributed by atoms with E-state index in [1.807, 2.05) is 61.5 Å². The monoisotopic (exact) mass is 435 g/mol. The molecule has 2 aromatic rings. The van der Waals surface area contributed by atoms with Crippen molar-refractivity contribution < 1.29 is 14.3 Å². The second-order valence-corrected chi connectivity index (χ2v) is 9.14. The Balaban J connectivity index is 1.70. The standard InChI is InChI=1S/C26H29NO3S/c1-2-30-21-17-15-19(16-18-21)23-24(31-22-13-9-6-10-14-22)26(29)27(25(23)28)20-11-7-4-3-5-8-12-20/h6,9-10,13-18,20H,2-5,7-8,11-12H2,1H3. The van der Waals surface area contributed by atoms with Crippen LogP contribution in [-0.2, 0) is 9.59 Å². The number of carbonyl (C=O) groups excluding carboxylic acids is 2. The molecule has 0 unspecified atom stereocenters. The van der Waals surface area contributed by atoms with Gasteiger partial charge in [0.25, 0.3) is 11.8 Å². The molecule has 1 aliphatic heterocycles. The zero-order valence-corrected chi connectivity index (χ0v) is 18.8. The lowest BCUT2D eigenvalue weighted by molar-refractivity contribution is -0.139. The third-order valence-corrected chi connectivity index (χ3v) is 7.02. The van der Waals surface area contributed by atoms with Crippen LogP contribution < -0.4 is 4.74 Å². The Labute approximate surface area is 188 Å². The summed E-state index contributed by atoms with van der Waals surface area (Å²) in [7, 11) is 0. The summed E-state index contributed by atoms with van der Waals surface area (Å²) < 4.78 is 5.55. The number of hydrogen-bond donors (Lipinski definition) is 0. The average molecular weight is 436 g/mol. The molecule has 2 aromatic carbocycles. The van der Waals surface area contributed by atoms with E-state index in [9.17, 15) is 9.59 Å². The smallest absolute Gasteiger partial charge is 0.268 e. The summed E-state index contributed by atoms with van der Waals surface area (Å²) in [5.41, 5.74) is 1.29. The number of imide groups is 1. The van der Waals surface area contributed by atoms with Gasteiger partial charge in [0.15, 0.2) is 0 Å². The molecule has 4 rings (SSSR count). The highest BCUT2D eigenvalue weighted by atomic mass is 32.2. The minimum atomic E-state index is -0.154. The molecule has 0 radical (unpaired) electrons. The summed E-state index contributed by atoms with van der Waals surface area (Å²) in [4.78, 5) is 30.2. The van der Waals surface area contributed by atoms with Crippen LogP contribution in [0.2, 0.25) is 0 Å². The molecule has 1 heterocycles. The topological polar surface area (TPSA) is 46.6 Å². The van der Waals surface area contributed by atoms with E-state index in [0.717, 1.165) is 41.9 Å². The molecular weight excluding hydrogens is 406 g/mol. The first-order valence-electron chi connectivity index (χ1n) is 11.3. The first-order valence-corrected chi connectivity index (χ1v) is 12.1. The van der Waals surface area contributed by atoms with Gasteiger partial charge in [0, 0.05) is 10.9 Å². The van der Waals surface area contributed by atoms with E-state index in [2.05, 4.69) is 0 Å². The summed E-state index contributed by atoms with van der Waals surface area (Å²) in [5.74, 6) is 0.462. The fourth-order valence-corrected chi connectivity index (χ4v) is 5.41. The van der Waals surface area contributed by atoms with Gasteiger partial charge in [0.05, 0.1) is 17.1 Å². The Kier molecular flexibility index (Phi) is 7.13. The van der Waals surface area contributed by atoms with Gasteiger partial charge in [-0.25, -0.2) is 0 Å². The number of benzene rings is 2. The van der Waals surface area contributed by atoms with Gasteiger partial charge in [-0.15, -0.1) is 0 Å². The van der Waals surface area contributed by atoms with Crippen LogP contribution in [0, 0.1) is 0 Å². The number of ether oxygens (including phenoxy) is 1. The predicted octanol–water partition coefficient (Wildman–Crippen LogP) is 6.07. The van der Waals surface area contributed by atoms with Gasteiger partial charge in [-0.05, 0) is 49.6 Å². The molecule has 2 aliphatic rings. The van der Waals surface area contributed by atoms with Crippen molar-refractivity contribution in [2.75, 3.05) is 6.61 Å². The van der Waals surface area contributed by atoms with Crippen LogP contribution in [-0.4, -0.2) is 29.4 Å². The van der Waals surface area contributed by atoms with Crippen LogP contribution in [0.5, 0.6) is 5.75 Å². The molecule has 0 N–H and O–H groups in total. The largest absolute Gasteiger partial charge is 0.494 e. The molecule has 0 bridgehead atoms. The summed E-state index contributed by atoms with van der Waals surface area (Å²) in [5, 5.41) is 0. The van der Waals surface area contributed by atoms with E-state index in [0.29, 0.717) is 17.1 Å². The summed E-state index contributed by atoms with van der Waals surface area (Å²) in [6.07, 6.45) is 7.55. The van der Waals surface area contributed by atoms with E-state index in [4.69, 9.17) is 4.74 Å². The lowest BCUT2D eigenvalue weighted by atomic mass is 9.95. The van der Waals surface area contributed by atoms with Crippen LogP contribution in [0.4, 0.5) is 0 Å². The Morgan fingerprint density at radius 2 is 1.52 bits per heavy atom. The molecule has 4 nitrogen and oxygen atoms in total. The molecule has 0 spiro atoms. The first-order chi connectivity index (χ1) is 15.2. The fraction of sp³-hybridized carbons (Fsp3) is 0.385. The fourth-order valence-electron chi connectivity index (χ4n) is 4.39. The van der Waals surface area contributed by atoms with Crippen LogP contribution >= 0.6 is 11.8 Å². The van der Waals surface area contributed by atoms with Gasteiger partial charge in [-0.2, -0.15) is 0 Å². The van der Waals surface area contributed by atoms with Crippen LogP contribution in [0.15, 0.2) is 64.4 Å². The molecule has 5 heteroatoms. The lowest BCUT2D eigenvalue weighted by Gasteiger charge is -2.28. The normalized spacial score (nSPS) is 18.3. The minimum absolute atomic E-state index is 0.00753. The molecule has 1 aliphatic carbocycles. The van der Waals surface area contributed by atoms with Crippen molar-refractivity contribution in [1.82, 2.24) is 4.90 Å². The van der Waals surface area contributed by atoms with Crippen molar-refractivity contribution in [3.63, 3.8) is 0 Å². The van der Waals surface area contributed by atoms with E-state index in [-0.39, 0.29) is 17.9 Å². The maximum Gasteiger partial charge on any atom is 0.268 e. The Hall–Kier alpha value is -2.53. The molecule has 0 atom stereocenters. The predicted molar refractivity (Wildman–Crippen MR) is 125 cm³/mol. The van der Waals surface area contributed by atoms with Crippen molar-refractivity contribution in [1.29, 1.82) is 0 Å². The molecule has 0 saturated heterocycles. The van der Waals surface area contributed by atoms with E-state index in [1.54, 1.807) is 4.90 Å². The van der Waals surface area contributed by atoms with Crippen molar-refractivity contribution >= 4 is 29.1 Å². The Morgan fingerprint density at radius 1 is 0.871 bits per heavy atom. The van der Waals surface area contributed by atoms with Crippen LogP contribution in [0.3, 0.4) is 0 Å². The van der Waals surface area contributed by atoms with Gasteiger partial charge in [-0.1, -0.05) is 74.2 Å². The van der Waals surface area contributed by atoms with Crippen molar-refractivity contribution in [3.8, 4) is 5.75 Å². The van der Waals surface area contributed by atoms with Gasteiger partial charge in [0.1, 0.15) is 5.75 Å². The van der Waals surface area contributed by atoms with Crippen LogP contribution in [0.1, 0.15) is 57.4 Å². The van der Waals surface area contributed by atoms with Gasteiger partial charge < -0.3 is 4.74 Å². The maximum atomic E-state index is 13.6. The molecule has 31 heavy (non-hydrogen) atoms. The average Bonchev–Trinajstić information content (AvgIpc) is 3.00. The Morgan fingerprint density at radius 3 is 2.16 bits per heavy atom. The number of carbonyl (C=O) groups is 2. The third kappa shape index (κ3) is 4.87. The number of thioether (sulfide) groups is 1. The number of nitrogens with zero attached hydrogens (tertiary/aromatic N) is 1. The highest BCUT2D eigenvalue weighted by Gasteiger charge is 2.42. The second kappa shape index (κ2) is 10.2. The quantitative estimate of drug-likeness (QED) is 0.517. The molecular formula is C26H29NO3S. The summed E-state index contributed by atoms with van der Waals surface area (Å²) in [6.45, 7) is 2.53. The zero-order valence-electron chi connectivity index (χ0n) is 18.0. The molecule has 162 valence electrons. The Bertz CT molecular complexity index is 944. The number of rotatable bonds is 6. The van der Waals surface area contributed by atoms with Crippen molar-refractivity contribution in [2.45, 2.75) is 62.8 Å². The lowest BCUT2D eigenvalue weighted by Crippen LogP contribution is -2.41. The first kappa shape index (κ1) is 21.7. The SMILES string of the molecule is CCOc1ccc(C2=C(Sc3ccccc3)C(=O)N(C3CCCCCCC3)C2=O)cc1. The summed E-state index contributed by atoms with van der Waals surface area (Å²) in [6, 6.07) is 17.3. The number of amides is 2. The molecule has 0 aromatic heterocycles. The molecule has 1 saturated carbocycles. The molecule has 2 amide bonds. The van der Waals surface area contributed by atoms with Crippen molar-refractivity contribution in [2.24, 2.45) is 0 Å². The van der Waals surface area contributed by atoms with E-state index >= 15 is 0 Å². The van der Waals surface area contributed by atoms with Crippen LogP contribution in [0.25, 0.3) is 5.57 Å². The zero-order chi connectivity index (χ0) is 21.6. The third-order valence-electron chi connectivity index (χ3n) is 5.93. The van der Waals surface area contributed by atoms with E-state index in [1.165, 1.54) is 31.0 Å². The van der Waals surface area contributed by atoms with Gasteiger partial charge in [-0.3, -0.25) is 14.5 Å². The summed E-state index contributed by atoms with van der Waals surface area (Å²) >= 11 is 1.39. The van der Waals surface area contributed by atoms with Gasteiger partial charge >= 0.3 is 0 Å². The van der Waals surface area contributed by atoms with Crippen molar-refractivity contribution in [3.05, 3.63) is 65.1 Å². The van der Waals surface area contributed by atoms with E-state index < -0.39 is 0 Å². The number of hydrogen-bond acceptors (Lipinski definition) is 4. The highest BCUT2D eigenvalue weighted by Crippen LogP contribution is 2.42.